The van der Waals surface area contributed by atoms with E-state index in [9.17, 15) is 13.6 Å². The van der Waals surface area contributed by atoms with Gasteiger partial charge in [-0.1, -0.05) is 50.6 Å². The molecule has 230 valence electrons. The predicted molar refractivity (Wildman–Crippen MR) is 174 cm³/mol. The van der Waals surface area contributed by atoms with Crippen molar-refractivity contribution in [3.63, 3.8) is 0 Å². The number of rotatable bonds is 9. The number of benzene rings is 3. The van der Waals surface area contributed by atoms with E-state index >= 15 is 0 Å². The number of methoxy groups -OCH3 is 1. The molecule has 0 N–H and O–H groups in total. The van der Waals surface area contributed by atoms with Crippen LogP contribution in [0.2, 0.25) is 5.02 Å². The first-order valence-corrected chi connectivity index (χ1v) is 15.5. The van der Waals surface area contributed by atoms with Crippen molar-refractivity contribution in [1.82, 2.24) is 9.55 Å². The van der Waals surface area contributed by atoms with E-state index in [0.717, 1.165) is 39.2 Å². The quantitative estimate of drug-likeness (QED) is 0.119. The number of esters is 1. The number of nitrogens with zero attached hydrogens (tertiary/aromatic N) is 2. The maximum atomic E-state index is 13.8. The molecule has 2 aromatic heterocycles. The first kappa shape index (κ1) is 31.8. The molecule has 5 aromatic rings. The standard InChI is InChI=1S/C35H35ClF2N2O3S/c1-34(2,3)44-32-26-16-25(43-20-24-12-9-22-15-27(37)28(38)17-29(22)39-24)13-14-30(26)40(19-21-7-10-23(36)11-8-21)31(32)18-35(4,5)33(41)42-6/h7-17H,18-20H2,1-6H3. The third kappa shape index (κ3) is 7.02. The van der Waals surface area contributed by atoms with Crippen molar-refractivity contribution in [3.05, 3.63) is 100 Å². The summed E-state index contributed by atoms with van der Waals surface area (Å²) in [5.74, 6) is -1.48. The zero-order valence-corrected chi connectivity index (χ0v) is 27.2. The topological polar surface area (TPSA) is 53.4 Å². The number of carbonyl (C=O) groups excluding carboxylic acids is 1. The SMILES string of the molecule is COC(=O)C(C)(C)Cc1c(SC(C)(C)C)c2cc(OCc3ccc4cc(F)c(F)cc4n3)ccc2n1Cc1ccc(Cl)cc1. The van der Waals surface area contributed by atoms with Crippen LogP contribution in [0.1, 0.15) is 51.6 Å². The summed E-state index contributed by atoms with van der Waals surface area (Å²) in [4.78, 5) is 18.4. The molecule has 0 saturated carbocycles. The Labute approximate surface area is 265 Å². The molecule has 0 unspecified atom stereocenters. The Bertz CT molecular complexity index is 1850. The van der Waals surface area contributed by atoms with Gasteiger partial charge in [-0.05, 0) is 61.9 Å². The lowest BCUT2D eigenvalue weighted by Crippen LogP contribution is -2.29. The van der Waals surface area contributed by atoms with Crippen molar-refractivity contribution in [2.75, 3.05) is 7.11 Å². The molecule has 9 heteroatoms. The Morgan fingerprint density at radius 3 is 2.34 bits per heavy atom. The molecule has 0 amide bonds. The van der Waals surface area contributed by atoms with E-state index in [1.54, 1.807) is 23.9 Å². The molecule has 44 heavy (non-hydrogen) atoms. The molecule has 0 aliphatic rings. The van der Waals surface area contributed by atoms with Gasteiger partial charge in [0, 0.05) is 55.7 Å². The summed E-state index contributed by atoms with van der Waals surface area (Å²) in [6.07, 6.45) is 0.467. The molecule has 3 aromatic carbocycles. The fraction of sp³-hybridized carbons (Fsp3) is 0.314. The van der Waals surface area contributed by atoms with Gasteiger partial charge in [0.2, 0.25) is 0 Å². The minimum atomic E-state index is -0.938. The zero-order chi connectivity index (χ0) is 31.8. The summed E-state index contributed by atoms with van der Waals surface area (Å²) < 4.78 is 41.0. The lowest BCUT2D eigenvalue weighted by Gasteiger charge is -2.25. The van der Waals surface area contributed by atoms with E-state index in [2.05, 4.69) is 30.3 Å². The van der Waals surface area contributed by atoms with Gasteiger partial charge in [-0.25, -0.2) is 13.8 Å². The van der Waals surface area contributed by atoms with Gasteiger partial charge in [0.05, 0.1) is 23.7 Å². The van der Waals surface area contributed by atoms with E-state index in [4.69, 9.17) is 21.1 Å². The van der Waals surface area contributed by atoms with Crippen LogP contribution in [-0.2, 0) is 29.1 Å². The van der Waals surface area contributed by atoms with Crippen molar-refractivity contribution in [2.24, 2.45) is 5.41 Å². The van der Waals surface area contributed by atoms with E-state index in [0.29, 0.717) is 40.3 Å². The number of ether oxygens (including phenoxy) is 2. The van der Waals surface area contributed by atoms with Crippen LogP contribution in [0, 0.1) is 17.0 Å². The molecule has 0 radical (unpaired) electrons. The molecular weight excluding hydrogens is 602 g/mol. The summed E-state index contributed by atoms with van der Waals surface area (Å²) in [5, 5.41) is 2.19. The lowest BCUT2D eigenvalue weighted by atomic mass is 9.87. The van der Waals surface area contributed by atoms with Crippen LogP contribution < -0.4 is 4.74 Å². The van der Waals surface area contributed by atoms with Crippen LogP contribution in [0.15, 0.2) is 71.6 Å². The maximum Gasteiger partial charge on any atom is 0.311 e. The van der Waals surface area contributed by atoms with Gasteiger partial charge in [-0.3, -0.25) is 4.79 Å². The smallest absolute Gasteiger partial charge is 0.311 e. The van der Waals surface area contributed by atoms with E-state index in [1.807, 2.05) is 56.3 Å². The summed E-state index contributed by atoms with van der Waals surface area (Å²) in [6.45, 7) is 11.0. The van der Waals surface area contributed by atoms with Gasteiger partial charge in [-0.2, -0.15) is 0 Å². The number of aromatic nitrogens is 2. The highest BCUT2D eigenvalue weighted by Gasteiger charge is 2.33. The summed E-state index contributed by atoms with van der Waals surface area (Å²) in [7, 11) is 1.42. The second-order valence-corrected chi connectivity index (χ2v) is 14.8. The fourth-order valence-electron chi connectivity index (χ4n) is 5.16. The van der Waals surface area contributed by atoms with Crippen molar-refractivity contribution in [3.8, 4) is 5.75 Å². The van der Waals surface area contributed by atoms with Crippen LogP contribution in [0.3, 0.4) is 0 Å². The molecule has 0 aliphatic heterocycles. The molecule has 0 bridgehead atoms. The number of fused-ring (bicyclic) bond motifs is 2. The maximum absolute atomic E-state index is 13.8. The second-order valence-electron chi connectivity index (χ2n) is 12.5. The van der Waals surface area contributed by atoms with Crippen molar-refractivity contribution in [1.29, 1.82) is 0 Å². The van der Waals surface area contributed by atoms with Crippen LogP contribution in [0.4, 0.5) is 8.78 Å². The average molecular weight is 637 g/mol. The number of pyridine rings is 1. The minimum Gasteiger partial charge on any atom is -0.487 e. The monoisotopic (exact) mass is 636 g/mol. The Morgan fingerprint density at radius 1 is 0.955 bits per heavy atom. The van der Waals surface area contributed by atoms with Crippen molar-refractivity contribution >= 4 is 51.1 Å². The predicted octanol–water partition coefficient (Wildman–Crippen LogP) is 9.38. The van der Waals surface area contributed by atoms with Gasteiger partial charge in [-0.15, -0.1) is 11.8 Å². The normalized spacial score (nSPS) is 12.2. The van der Waals surface area contributed by atoms with Gasteiger partial charge in [0.1, 0.15) is 12.4 Å². The fourth-order valence-corrected chi connectivity index (χ4v) is 6.47. The van der Waals surface area contributed by atoms with Crippen LogP contribution in [0.5, 0.6) is 5.75 Å². The molecule has 0 spiro atoms. The summed E-state index contributed by atoms with van der Waals surface area (Å²) in [6, 6.07) is 19.4. The third-order valence-electron chi connectivity index (χ3n) is 7.28. The molecule has 0 saturated heterocycles. The molecule has 0 aliphatic carbocycles. The Balaban J connectivity index is 1.58. The van der Waals surface area contributed by atoms with E-state index in [1.165, 1.54) is 7.11 Å². The van der Waals surface area contributed by atoms with Gasteiger partial charge in [0.15, 0.2) is 11.6 Å². The molecular formula is C35H35ClF2N2O3S. The van der Waals surface area contributed by atoms with Crippen molar-refractivity contribution < 1.29 is 23.0 Å². The van der Waals surface area contributed by atoms with Gasteiger partial charge >= 0.3 is 5.97 Å². The minimum absolute atomic E-state index is 0.121. The first-order valence-electron chi connectivity index (χ1n) is 14.3. The van der Waals surface area contributed by atoms with E-state index in [-0.39, 0.29) is 17.3 Å². The molecule has 5 rings (SSSR count). The molecule has 0 atom stereocenters. The number of halogens is 3. The number of thioether (sulfide) groups is 1. The van der Waals surface area contributed by atoms with Crippen molar-refractivity contribution in [2.45, 2.75) is 63.8 Å². The lowest BCUT2D eigenvalue weighted by molar-refractivity contribution is -0.150. The van der Waals surface area contributed by atoms with Gasteiger partial charge < -0.3 is 14.0 Å². The molecule has 0 fully saturated rings. The van der Waals surface area contributed by atoms with Crippen LogP contribution in [-0.4, -0.2) is 27.4 Å². The largest absolute Gasteiger partial charge is 0.487 e. The molecule has 2 heterocycles. The number of hydrogen-bond acceptors (Lipinski definition) is 5. The number of carbonyl (C=O) groups is 1. The zero-order valence-electron chi connectivity index (χ0n) is 25.6. The third-order valence-corrected chi connectivity index (χ3v) is 8.80. The highest BCUT2D eigenvalue weighted by Crippen LogP contribution is 2.44. The summed E-state index contributed by atoms with van der Waals surface area (Å²) in [5.41, 5.74) is 3.31. The Hall–Kier alpha value is -3.62. The van der Waals surface area contributed by atoms with Crippen LogP contribution in [0.25, 0.3) is 21.8 Å². The number of hydrogen-bond donors (Lipinski definition) is 0. The Kier molecular flexibility index (Phi) is 8.96. The molecule has 5 nitrogen and oxygen atoms in total. The highest BCUT2D eigenvalue weighted by atomic mass is 35.5. The first-order chi connectivity index (χ1) is 20.7. The summed E-state index contributed by atoms with van der Waals surface area (Å²) >= 11 is 7.93. The Morgan fingerprint density at radius 2 is 1.66 bits per heavy atom. The average Bonchev–Trinajstić information content (AvgIpc) is 3.22. The van der Waals surface area contributed by atoms with Crippen LogP contribution >= 0.6 is 23.4 Å². The second kappa shape index (κ2) is 12.4. The highest BCUT2D eigenvalue weighted by molar-refractivity contribution is 8.00. The van der Waals surface area contributed by atoms with E-state index < -0.39 is 17.0 Å². The van der Waals surface area contributed by atoms with Gasteiger partial charge in [0.25, 0.3) is 0 Å².